The van der Waals surface area contributed by atoms with Crippen molar-refractivity contribution in [2.45, 2.75) is 12.7 Å². The molecule has 1 heterocycles. The molecular weight excluding hydrogens is 275 g/mol. The average Bonchev–Trinajstić information content (AvgIpc) is 2.86. The normalized spacial score (nSPS) is 11.4. The summed E-state index contributed by atoms with van der Waals surface area (Å²) in [4.78, 5) is 14.9. The lowest BCUT2D eigenvalue weighted by atomic mass is 10.1. The highest BCUT2D eigenvalue weighted by atomic mass is 19.4. The number of esters is 1. The molecule has 0 N–H and O–H groups in total. The maximum Gasteiger partial charge on any atom is 0.416 e. The van der Waals surface area contributed by atoms with Gasteiger partial charge >= 0.3 is 12.1 Å². The second-order valence-corrected chi connectivity index (χ2v) is 3.92. The molecular formula is C12H10F3N3O2. The third kappa shape index (κ3) is 3.14. The standard InChI is InChI=1S/C12H10F3N3O2/c1-20-10(19)6-18-7-16-11(17-18)8-3-2-4-9(5-8)12(13,14)15/h2-5,7H,6H2,1H3. The molecule has 0 amide bonds. The molecule has 0 saturated heterocycles. The number of carbonyl (C=O) groups excluding carboxylic acids is 1. The molecule has 0 atom stereocenters. The van der Waals surface area contributed by atoms with Crippen molar-refractivity contribution >= 4 is 5.97 Å². The Labute approximate surface area is 112 Å². The van der Waals surface area contributed by atoms with Gasteiger partial charge in [-0.1, -0.05) is 12.1 Å². The van der Waals surface area contributed by atoms with Gasteiger partial charge in [0.2, 0.25) is 0 Å². The van der Waals surface area contributed by atoms with Crippen molar-refractivity contribution < 1.29 is 22.7 Å². The topological polar surface area (TPSA) is 57.0 Å². The average molecular weight is 285 g/mol. The van der Waals surface area contributed by atoms with Gasteiger partial charge in [0.25, 0.3) is 0 Å². The van der Waals surface area contributed by atoms with E-state index in [9.17, 15) is 18.0 Å². The van der Waals surface area contributed by atoms with E-state index in [1.54, 1.807) is 0 Å². The number of rotatable bonds is 3. The molecule has 2 rings (SSSR count). The van der Waals surface area contributed by atoms with E-state index in [1.165, 1.54) is 30.3 Å². The minimum absolute atomic E-state index is 0.111. The van der Waals surface area contributed by atoms with Gasteiger partial charge in [-0.15, -0.1) is 0 Å². The Morgan fingerprint density at radius 3 is 2.80 bits per heavy atom. The number of hydrogen-bond acceptors (Lipinski definition) is 4. The van der Waals surface area contributed by atoms with Crippen molar-refractivity contribution in [2.75, 3.05) is 7.11 Å². The molecule has 0 aliphatic rings. The van der Waals surface area contributed by atoms with Crippen LogP contribution in [0.2, 0.25) is 0 Å². The fourth-order valence-electron chi connectivity index (χ4n) is 1.53. The summed E-state index contributed by atoms with van der Waals surface area (Å²) in [5.74, 6) is -0.412. The fourth-order valence-corrected chi connectivity index (χ4v) is 1.53. The molecule has 5 nitrogen and oxygen atoms in total. The first kappa shape index (κ1) is 14.0. The number of carbonyl (C=O) groups is 1. The van der Waals surface area contributed by atoms with Crippen molar-refractivity contribution in [3.8, 4) is 11.4 Å². The van der Waals surface area contributed by atoms with E-state index < -0.39 is 17.7 Å². The molecule has 8 heteroatoms. The fraction of sp³-hybridized carbons (Fsp3) is 0.250. The number of hydrogen-bond donors (Lipinski definition) is 0. The minimum atomic E-state index is -4.43. The predicted molar refractivity (Wildman–Crippen MR) is 62.5 cm³/mol. The van der Waals surface area contributed by atoms with Crippen LogP contribution in [-0.2, 0) is 22.3 Å². The number of methoxy groups -OCH3 is 1. The van der Waals surface area contributed by atoms with Crippen LogP contribution in [0, 0.1) is 0 Å². The summed E-state index contributed by atoms with van der Waals surface area (Å²) in [6.07, 6.45) is -3.17. The Kier molecular flexibility index (Phi) is 3.73. The van der Waals surface area contributed by atoms with Gasteiger partial charge in [-0.05, 0) is 12.1 Å². The van der Waals surface area contributed by atoms with E-state index in [0.29, 0.717) is 0 Å². The lowest BCUT2D eigenvalue weighted by Crippen LogP contribution is -2.11. The third-order valence-corrected chi connectivity index (χ3v) is 2.50. The van der Waals surface area contributed by atoms with Gasteiger partial charge in [0, 0.05) is 5.56 Å². The number of aromatic nitrogens is 3. The lowest BCUT2D eigenvalue weighted by molar-refractivity contribution is -0.141. The summed E-state index contributed by atoms with van der Waals surface area (Å²) in [6, 6.07) is 4.67. The Balaban J connectivity index is 2.26. The summed E-state index contributed by atoms with van der Waals surface area (Å²) in [6.45, 7) is -0.150. The number of benzene rings is 1. The van der Waals surface area contributed by atoms with Crippen LogP contribution >= 0.6 is 0 Å². The second kappa shape index (κ2) is 5.32. The number of nitrogens with zero attached hydrogens (tertiary/aromatic N) is 3. The molecule has 0 spiro atoms. The maximum absolute atomic E-state index is 12.6. The molecule has 106 valence electrons. The summed E-state index contributed by atoms with van der Waals surface area (Å²) >= 11 is 0. The van der Waals surface area contributed by atoms with E-state index in [2.05, 4.69) is 14.8 Å². The van der Waals surface area contributed by atoms with Gasteiger partial charge in [-0.2, -0.15) is 18.3 Å². The van der Waals surface area contributed by atoms with Gasteiger partial charge in [-0.25, -0.2) is 9.67 Å². The van der Waals surface area contributed by atoms with Crippen LogP contribution in [-0.4, -0.2) is 27.8 Å². The second-order valence-electron chi connectivity index (χ2n) is 3.92. The maximum atomic E-state index is 12.6. The van der Waals surface area contributed by atoms with Crippen LogP contribution in [0.1, 0.15) is 5.56 Å². The molecule has 1 aromatic carbocycles. The number of ether oxygens (including phenoxy) is 1. The Hall–Kier alpha value is -2.38. The predicted octanol–water partition coefficient (Wildman–Crippen LogP) is 2.14. The van der Waals surface area contributed by atoms with Gasteiger partial charge < -0.3 is 4.74 Å². The first-order valence-corrected chi connectivity index (χ1v) is 5.54. The molecule has 1 aromatic heterocycles. The van der Waals surface area contributed by atoms with Crippen molar-refractivity contribution in [3.63, 3.8) is 0 Å². The van der Waals surface area contributed by atoms with E-state index in [4.69, 9.17) is 0 Å². The van der Waals surface area contributed by atoms with Crippen molar-refractivity contribution in [3.05, 3.63) is 36.2 Å². The molecule has 0 radical (unpaired) electrons. The Morgan fingerprint density at radius 2 is 2.15 bits per heavy atom. The van der Waals surface area contributed by atoms with Gasteiger partial charge in [-0.3, -0.25) is 4.79 Å². The smallest absolute Gasteiger partial charge is 0.416 e. The zero-order chi connectivity index (χ0) is 14.8. The highest BCUT2D eigenvalue weighted by Gasteiger charge is 2.30. The molecule has 20 heavy (non-hydrogen) atoms. The molecule has 0 fully saturated rings. The molecule has 0 unspecified atom stereocenters. The summed E-state index contributed by atoms with van der Waals surface area (Å²) in [7, 11) is 1.23. The van der Waals surface area contributed by atoms with E-state index in [1.807, 2.05) is 0 Å². The van der Waals surface area contributed by atoms with Crippen LogP contribution in [0.5, 0.6) is 0 Å². The van der Waals surface area contributed by atoms with Gasteiger partial charge in [0.15, 0.2) is 5.82 Å². The zero-order valence-electron chi connectivity index (χ0n) is 10.4. The highest BCUT2D eigenvalue weighted by molar-refractivity contribution is 5.68. The van der Waals surface area contributed by atoms with Crippen LogP contribution in [0.4, 0.5) is 13.2 Å². The van der Waals surface area contributed by atoms with E-state index in [0.717, 1.165) is 12.1 Å². The van der Waals surface area contributed by atoms with Crippen molar-refractivity contribution in [2.24, 2.45) is 0 Å². The number of alkyl halides is 3. The molecule has 0 bridgehead atoms. The lowest BCUT2D eigenvalue weighted by Gasteiger charge is -2.06. The van der Waals surface area contributed by atoms with Crippen molar-refractivity contribution in [1.82, 2.24) is 14.8 Å². The molecule has 0 saturated carbocycles. The first-order chi connectivity index (χ1) is 9.40. The van der Waals surface area contributed by atoms with Crippen molar-refractivity contribution in [1.29, 1.82) is 0 Å². The number of halogens is 3. The van der Waals surface area contributed by atoms with Crippen LogP contribution in [0.15, 0.2) is 30.6 Å². The van der Waals surface area contributed by atoms with E-state index in [-0.39, 0.29) is 17.9 Å². The minimum Gasteiger partial charge on any atom is -0.468 e. The largest absolute Gasteiger partial charge is 0.468 e. The van der Waals surface area contributed by atoms with Gasteiger partial charge in [0.05, 0.1) is 12.7 Å². The molecule has 0 aliphatic carbocycles. The summed E-state index contributed by atoms with van der Waals surface area (Å²) in [5, 5.41) is 3.93. The SMILES string of the molecule is COC(=O)Cn1cnc(-c2cccc(C(F)(F)F)c2)n1. The summed E-state index contributed by atoms with van der Waals surface area (Å²) in [5.41, 5.74) is -0.553. The third-order valence-electron chi connectivity index (χ3n) is 2.50. The monoisotopic (exact) mass is 285 g/mol. The van der Waals surface area contributed by atoms with Gasteiger partial charge in [0.1, 0.15) is 12.9 Å². The zero-order valence-corrected chi connectivity index (χ0v) is 10.4. The van der Waals surface area contributed by atoms with Crippen LogP contribution in [0.25, 0.3) is 11.4 Å². The van der Waals surface area contributed by atoms with Crippen LogP contribution < -0.4 is 0 Å². The first-order valence-electron chi connectivity index (χ1n) is 5.54. The molecule has 0 aliphatic heterocycles. The highest BCUT2D eigenvalue weighted by Crippen LogP contribution is 2.31. The van der Waals surface area contributed by atoms with E-state index >= 15 is 0 Å². The summed E-state index contributed by atoms with van der Waals surface area (Å²) < 4.78 is 43.5. The Morgan fingerprint density at radius 1 is 1.40 bits per heavy atom. The Bertz CT molecular complexity index is 622. The van der Waals surface area contributed by atoms with Crippen LogP contribution in [0.3, 0.4) is 0 Å². The molecule has 2 aromatic rings. The quantitative estimate of drug-likeness (QED) is 0.811.